The first kappa shape index (κ1) is 21.8. The highest BCUT2D eigenvalue weighted by molar-refractivity contribution is 5.99. The molecule has 3 aliphatic rings. The largest absolute Gasteiger partial charge is 0.372 e. The number of nitrogens with zero attached hydrogens (tertiary/aromatic N) is 3. The van der Waals surface area contributed by atoms with Crippen molar-refractivity contribution in [3.8, 4) is 0 Å². The molecule has 1 aromatic carbocycles. The number of nitrogens with one attached hydrogen (secondary N) is 1. The number of hydrogen-bond acceptors (Lipinski definition) is 5. The number of piperidine rings is 1. The molecule has 3 amide bonds. The lowest BCUT2D eigenvalue weighted by molar-refractivity contribution is -0.125. The van der Waals surface area contributed by atoms with Crippen LogP contribution in [0.25, 0.3) is 0 Å². The van der Waals surface area contributed by atoms with Gasteiger partial charge in [-0.3, -0.25) is 19.7 Å². The molecule has 3 heterocycles. The van der Waals surface area contributed by atoms with E-state index in [2.05, 4.69) is 27.2 Å². The van der Waals surface area contributed by atoms with E-state index in [1.807, 2.05) is 17.9 Å². The average Bonchev–Trinajstić information content (AvgIpc) is 3.40. The third-order valence-electron chi connectivity index (χ3n) is 7.16. The number of imide groups is 1. The van der Waals surface area contributed by atoms with Gasteiger partial charge in [-0.2, -0.15) is 0 Å². The third kappa shape index (κ3) is 5.09. The zero-order chi connectivity index (χ0) is 21.8. The number of carbonyl (C=O) groups excluding carboxylic acids is 3. The molecule has 7 nitrogen and oxygen atoms in total. The smallest absolute Gasteiger partial charge is 0.254 e. The van der Waals surface area contributed by atoms with Gasteiger partial charge in [0, 0.05) is 49.9 Å². The molecule has 1 atom stereocenters. The fraction of sp³-hybridized carbons (Fsp3) is 0.625. The molecule has 0 radical (unpaired) electrons. The molecule has 0 bridgehead atoms. The fourth-order valence-electron chi connectivity index (χ4n) is 5.22. The summed E-state index contributed by atoms with van der Waals surface area (Å²) in [6.45, 7) is 8.51. The Morgan fingerprint density at radius 3 is 2.65 bits per heavy atom. The summed E-state index contributed by atoms with van der Waals surface area (Å²) in [5.74, 6) is 0.536. The number of hydrogen-bond donors (Lipinski definition) is 1. The van der Waals surface area contributed by atoms with Crippen molar-refractivity contribution >= 4 is 23.9 Å². The number of rotatable bonds is 8. The van der Waals surface area contributed by atoms with Crippen LogP contribution < -0.4 is 10.2 Å². The van der Waals surface area contributed by atoms with E-state index in [-0.39, 0.29) is 24.3 Å². The third-order valence-corrected chi connectivity index (χ3v) is 7.16. The molecule has 7 heteroatoms. The maximum absolute atomic E-state index is 12.9. The maximum atomic E-state index is 12.9. The van der Waals surface area contributed by atoms with Crippen molar-refractivity contribution in [2.75, 3.05) is 37.6 Å². The maximum Gasteiger partial charge on any atom is 0.254 e. The van der Waals surface area contributed by atoms with E-state index >= 15 is 0 Å². The Balaban J connectivity index is 1.32. The van der Waals surface area contributed by atoms with Crippen molar-refractivity contribution < 1.29 is 14.4 Å². The van der Waals surface area contributed by atoms with Crippen LogP contribution in [0.4, 0.5) is 5.69 Å². The Bertz CT molecular complexity index is 813. The summed E-state index contributed by atoms with van der Waals surface area (Å²) in [6.07, 6.45) is 6.36. The molecule has 3 aliphatic heterocycles. The van der Waals surface area contributed by atoms with Gasteiger partial charge in [-0.25, -0.2) is 0 Å². The molecule has 0 aromatic heterocycles. The van der Waals surface area contributed by atoms with Gasteiger partial charge in [0.05, 0.1) is 0 Å². The molecule has 1 unspecified atom stereocenters. The van der Waals surface area contributed by atoms with Crippen LogP contribution in [0.1, 0.15) is 61.4 Å². The molecule has 4 rings (SSSR count). The van der Waals surface area contributed by atoms with Gasteiger partial charge in [-0.15, -0.1) is 0 Å². The van der Waals surface area contributed by atoms with Crippen LogP contribution in [-0.2, 0) is 16.1 Å². The number of carbonyl (C=O) groups is 3. The molecule has 2 saturated heterocycles. The van der Waals surface area contributed by atoms with Crippen LogP contribution in [0.15, 0.2) is 18.2 Å². The predicted molar refractivity (Wildman–Crippen MR) is 120 cm³/mol. The van der Waals surface area contributed by atoms with Gasteiger partial charge in [-0.1, -0.05) is 0 Å². The second kappa shape index (κ2) is 9.81. The van der Waals surface area contributed by atoms with Crippen molar-refractivity contribution in [1.29, 1.82) is 0 Å². The van der Waals surface area contributed by atoms with Gasteiger partial charge in [0.15, 0.2) is 0 Å². The van der Waals surface area contributed by atoms with E-state index in [0.29, 0.717) is 19.4 Å². The summed E-state index contributed by atoms with van der Waals surface area (Å²) < 4.78 is 0. The topological polar surface area (TPSA) is 73.0 Å². The molecular weight excluding hydrogens is 392 g/mol. The monoisotopic (exact) mass is 426 g/mol. The quantitative estimate of drug-likeness (QED) is 0.646. The number of fused-ring (bicyclic) bond motifs is 1. The lowest BCUT2D eigenvalue weighted by Crippen LogP contribution is -2.38. The number of likely N-dealkylation sites (tertiary alicyclic amines) is 1. The van der Waals surface area contributed by atoms with Gasteiger partial charge in [0.1, 0.15) is 0 Å². The Labute approximate surface area is 184 Å². The molecule has 0 aliphatic carbocycles. The van der Waals surface area contributed by atoms with E-state index in [4.69, 9.17) is 0 Å². The minimum atomic E-state index is -0.304. The van der Waals surface area contributed by atoms with E-state index in [0.717, 1.165) is 30.1 Å². The first-order valence-corrected chi connectivity index (χ1v) is 11.7. The Hall–Kier alpha value is -2.41. The summed E-state index contributed by atoms with van der Waals surface area (Å²) in [5, 5.41) is 2.16. The molecule has 0 saturated carbocycles. The second-order valence-corrected chi connectivity index (χ2v) is 9.29. The zero-order valence-corrected chi connectivity index (χ0v) is 18.5. The second-order valence-electron chi connectivity index (χ2n) is 9.29. The van der Waals surface area contributed by atoms with Crippen LogP contribution in [0.5, 0.6) is 0 Å². The Kier molecular flexibility index (Phi) is 6.90. The van der Waals surface area contributed by atoms with Crippen LogP contribution >= 0.6 is 0 Å². The van der Waals surface area contributed by atoms with Crippen molar-refractivity contribution in [2.45, 2.75) is 58.0 Å². The molecule has 31 heavy (non-hydrogen) atoms. The van der Waals surface area contributed by atoms with Crippen LogP contribution in [-0.4, -0.2) is 66.8 Å². The highest BCUT2D eigenvalue weighted by Gasteiger charge is 2.32. The van der Waals surface area contributed by atoms with Crippen molar-refractivity contribution in [2.24, 2.45) is 5.92 Å². The predicted octanol–water partition coefficient (Wildman–Crippen LogP) is 2.40. The lowest BCUT2D eigenvalue weighted by Gasteiger charge is -2.35. The molecule has 1 N–H and O–H groups in total. The summed E-state index contributed by atoms with van der Waals surface area (Å²) in [7, 11) is 0. The van der Waals surface area contributed by atoms with Crippen molar-refractivity contribution in [3.63, 3.8) is 0 Å². The summed E-state index contributed by atoms with van der Waals surface area (Å²) in [4.78, 5) is 41.7. The van der Waals surface area contributed by atoms with Crippen LogP contribution in [0.2, 0.25) is 0 Å². The normalized spacial score (nSPS) is 20.7. The van der Waals surface area contributed by atoms with Crippen LogP contribution in [0, 0.1) is 5.92 Å². The molecular formula is C24H34N4O3. The molecule has 1 aromatic rings. The first-order valence-electron chi connectivity index (χ1n) is 11.7. The van der Waals surface area contributed by atoms with Gasteiger partial charge >= 0.3 is 0 Å². The minimum Gasteiger partial charge on any atom is -0.372 e. The first-order chi connectivity index (χ1) is 15.0. The van der Waals surface area contributed by atoms with Gasteiger partial charge in [-0.05, 0) is 81.8 Å². The van der Waals surface area contributed by atoms with Gasteiger partial charge in [0.25, 0.3) is 5.91 Å². The standard InChI is InChI=1S/C24H34N4O3/c1-18(4-7-23(30)25-17-29)28-16-20-14-21(5-6-22(20)24(28)31)27-12-8-19(9-13-27)15-26-10-2-3-11-26/h5-6,14,17-19H,2-4,7-13,15-16H2,1H3,(H,25,29,30). The molecule has 168 valence electrons. The van der Waals surface area contributed by atoms with Crippen molar-refractivity contribution in [3.05, 3.63) is 29.3 Å². The number of anilines is 1. The minimum absolute atomic E-state index is 0.0363. The fourth-order valence-corrected chi connectivity index (χ4v) is 5.22. The van der Waals surface area contributed by atoms with E-state index in [9.17, 15) is 14.4 Å². The Morgan fingerprint density at radius 1 is 1.19 bits per heavy atom. The lowest BCUT2D eigenvalue weighted by atomic mass is 9.95. The molecule has 0 spiro atoms. The van der Waals surface area contributed by atoms with Crippen LogP contribution in [0.3, 0.4) is 0 Å². The van der Waals surface area contributed by atoms with E-state index < -0.39 is 0 Å². The summed E-state index contributed by atoms with van der Waals surface area (Å²) in [5.41, 5.74) is 3.06. The highest BCUT2D eigenvalue weighted by atomic mass is 16.2. The SMILES string of the molecule is CC(CCC(=O)NC=O)N1Cc2cc(N3CCC(CN4CCCC4)CC3)ccc2C1=O. The number of benzene rings is 1. The molecule has 2 fully saturated rings. The average molecular weight is 427 g/mol. The zero-order valence-electron chi connectivity index (χ0n) is 18.5. The van der Waals surface area contributed by atoms with E-state index in [1.165, 1.54) is 51.0 Å². The van der Waals surface area contributed by atoms with Gasteiger partial charge < -0.3 is 14.7 Å². The number of amides is 3. The Morgan fingerprint density at radius 2 is 1.94 bits per heavy atom. The van der Waals surface area contributed by atoms with Gasteiger partial charge in [0.2, 0.25) is 12.3 Å². The van der Waals surface area contributed by atoms with E-state index in [1.54, 1.807) is 0 Å². The summed E-state index contributed by atoms with van der Waals surface area (Å²) >= 11 is 0. The highest BCUT2D eigenvalue weighted by Crippen LogP contribution is 2.31. The van der Waals surface area contributed by atoms with Crippen molar-refractivity contribution in [1.82, 2.24) is 15.1 Å². The summed E-state index contributed by atoms with van der Waals surface area (Å²) in [6, 6.07) is 6.18.